The van der Waals surface area contributed by atoms with E-state index in [1.165, 1.54) is 5.56 Å². The number of carbonyl (C=O) groups excluding carboxylic acids is 1. The second-order valence-corrected chi connectivity index (χ2v) is 6.48. The van der Waals surface area contributed by atoms with Crippen LogP contribution in [0.2, 0.25) is 0 Å². The summed E-state index contributed by atoms with van der Waals surface area (Å²) in [5.74, 6) is 1.67. The zero-order chi connectivity index (χ0) is 18.8. The van der Waals surface area contributed by atoms with Crippen LogP contribution >= 0.6 is 0 Å². The fourth-order valence-corrected chi connectivity index (χ4v) is 3.52. The molecule has 3 aromatic rings. The molecule has 1 aliphatic rings. The number of methoxy groups -OCH3 is 2. The van der Waals surface area contributed by atoms with E-state index in [9.17, 15) is 4.79 Å². The molecule has 0 aliphatic carbocycles. The molecule has 0 radical (unpaired) electrons. The SMILES string of the molecule is COc1cc2c(cc1OC)CN(C(=O)c1occc1-c1ccccc1)CC2. The van der Waals surface area contributed by atoms with Crippen molar-refractivity contribution in [2.75, 3.05) is 20.8 Å². The van der Waals surface area contributed by atoms with Gasteiger partial charge in [0.05, 0.1) is 20.5 Å². The van der Waals surface area contributed by atoms with Gasteiger partial charge in [-0.1, -0.05) is 30.3 Å². The van der Waals surface area contributed by atoms with Crippen molar-refractivity contribution in [2.24, 2.45) is 0 Å². The molecule has 0 atom stereocenters. The van der Waals surface area contributed by atoms with E-state index < -0.39 is 0 Å². The monoisotopic (exact) mass is 363 g/mol. The molecule has 0 N–H and O–H groups in total. The smallest absolute Gasteiger partial charge is 0.290 e. The molecule has 1 amide bonds. The van der Waals surface area contributed by atoms with Crippen molar-refractivity contribution >= 4 is 5.91 Å². The molecular weight excluding hydrogens is 342 g/mol. The van der Waals surface area contributed by atoms with Gasteiger partial charge in [0.1, 0.15) is 0 Å². The number of amides is 1. The molecule has 0 fully saturated rings. The van der Waals surface area contributed by atoms with Gasteiger partial charge in [-0.05, 0) is 41.3 Å². The minimum absolute atomic E-state index is 0.0979. The maximum atomic E-state index is 13.1. The van der Waals surface area contributed by atoms with Crippen LogP contribution in [-0.2, 0) is 13.0 Å². The first-order chi connectivity index (χ1) is 13.2. The Kier molecular flexibility index (Phi) is 4.59. The van der Waals surface area contributed by atoms with Crippen LogP contribution in [0.1, 0.15) is 21.7 Å². The van der Waals surface area contributed by atoms with E-state index in [0.29, 0.717) is 30.3 Å². The summed E-state index contributed by atoms with van der Waals surface area (Å²) in [6.07, 6.45) is 2.34. The van der Waals surface area contributed by atoms with Crippen molar-refractivity contribution in [3.05, 3.63) is 71.7 Å². The van der Waals surface area contributed by atoms with Crippen LogP contribution in [0.5, 0.6) is 11.5 Å². The molecule has 0 spiro atoms. The number of ether oxygens (including phenoxy) is 2. The highest BCUT2D eigenvalue weighted by atomic mass is 16.5. The van der Waals surface area contributed by atoms with Gasteiger partial charge in [0.2, 0.25) is 0 Å². The Labute approximate surface area is 158 Å². The maximum absolute atomic E-state index is 13.1. The van der Waals surface area contributed by atoms with E-state index in [2.05, 4.69) is 0 Å². The highest BCUT2D eigenvalue weighted by Crippen LogP contribution is 2.34. The van der Waals surface area contributed by atoms with Crippen molar-refractivity contribution in [1.29, 1.82) is 0 Å². The second-order valence-electron chi connectivity index (χ2n) is 6.48. The first kappa shape index (κ1) is 17.2. The third kappa shape index (κ3) is 3.16. The highest BCUT2D eigenvalue weighted by molar-refractivity contribution is 5.98. The molecule has 1 aliphatic heterocycles. The predicted octanol–water partition coefficient (Wildman–Crippen LogP) is 4.16. The molecule has 0 unspecified atom stereocenters. The standard InChI is InChI=1S/C22H21NO4/c1-25-19-12-16-8-10-23(14-17(16)13-20(19)26-2)22(24)21-18(9-11-27-21)15-6-4-3-5-7-15/h3-7,9,11-13H,8,10,14H2,1-2H3. The van der Waals surface area contributed by atoms with Crippen LogP contribution in [0, 0.1) is 0 Å². The lowest BCUT2D eigenvalue weighted by atomic mass is 9.98. The Morgan fingerprint density at radius 1 is 1.00 bits per heavy atom. The minimum atomic E-state index is -0.0979. The zero-order valence-corrected chi connectivity index (χ0v) is 15.4. The number of hydrogen-bond donors (Lipinski definition) is 0. The molecular formula is C22H21NO4. The average molecular weight is 363 g/mol. The zero-order valence-electron chi connectivity index (χ0n) is 15.4. The largest absolute Gasteiger partial charge is 0.493 e. The van der Waals surface area contributed by atoms with Gasteiger partial charge in [0.15, 0.2) is 17.3 Å². The third-order valence-corrected chi connectivity index (χ3v) is 4.95. The number of benzene rings is 2. The van der Waals surface area contributed by atoms with Crippen LogP contribution < -0.4 is 9.47 Å². The lowest BCUT2D eigenvalue weighted by Gasteiger charge is -2.29. The van der Waals surface area contributed by atoms with E-state index >= 15 is 0 Å². The van der Waals surface area contributed by atoms with E-state index in [0.717, 1.165) is 23.1 Å². The first-order valence-electron chi connectivity index (χ1n) is 8.87. The molecule has 4 rings (SSSR count). The molecule has 2 heterocycles. The first-order valence-corrected chi connectivity index (χ1v) is 8.87. The number of hydrogen-bond acceptors (Lipinski definition) is 4. The Bertz CT molecular complexity index is 962. The Balaban J connectivity index is 1.62. The predicted molar refractivity (Wildman–Crippen MR) is 102 cm³/mol. The van der Waals surface area contributed by atoms with Crippen LogP contribution in [0.4, 0.5) is 0 Å². The van der Waals surface area contributed by atoms with Crippen LogP contribution in [0.15, 0.2) is 59.2 Å². The summed E-state index contributed by atoms with van der Waals surface area (Å²) < 4.78 is 16.3. The van der Waals surface area contributed by atoms with Gasteiger partial charge >= 0.3 is 0 Å². The van der Waals surface area contributed by atoms with E-state index in [4.69, 9.17) is 13.9 Å². The molecule has 0 saturated heterocycles. The fourth-order valence-electron chi connectivity index (χ4n) is 3.52. The van der Waals surface area contributed by atoms with Crippen molar-refractivity contribution in [3.8, 4) is 22.6 Å². The van der Waals surface area contributed by atoms with E-state index in [1.807, 2.05) is 53.4 Å². The Morgan fingerprint density at radius 2 is 1.70 bits per heavy atom. The van der Waals surface area contributed by atoms with Gasteiger partial charge in [0.25, 0.3) is 5.91 Å². The Hall–Kier alpha value is -3.21. The molecule has 0 saturated carbocycles. The van der Waals surface area contributed by atoms with Gasteiger partial charge in [-0.3, -0.25) is 4.79 Å². The van der Waals surface area contributed by atoms with Crippen molar-refractivity contribution in [1.82, 2.24) is 4.90 Å². The van der Waals surface area contributed by atoms with Crippen molar-refractivity contribution in [3.63, 3.8) is 0 Å². The third-order valence-electron chi connectivity index (χ3n) is 4.95. The van der Waals surface area contributed by atoms with Crippen molar-refractivity contribution in [2.45, 2.75) is 13.0 Å². The normalized spacial score (nSPS) is 13.2. The minimum Gasteiger partial charge on any atom is -0.493 e. The van der Waals surface area contributed by atoms with Crippen molar-refractivity contribution < 1.29 is 18.7 Å². The lowest BCUT2D eigenvalue weighted by Crippen LogP contribution is -2.36. The van der Waals surface area contributed by atoms with E-state index in [1.54, 1.807) is 20.5 Å². The topological polar surface area (TPSA) is 51.9 Å². The van der Waals surface area contributed by atoms with Crippen LogP contribution in [0.3, 0.4) is 0 Å². The summed E-state index contributed by atoms with van der Waals surface area (Å²) in [5.41, 5.74) is 4.04. The van der Waals surface area contributed by atoms with Crippen LogP contribution in [-0.4, -0.2) is 31.6 Å². The number of carbonyl (C=O) groups is 1. The maximum Gasteiger partial charge on any atom is 0.290 e. The number of fused-ring (bicyclic) bond motifs is 1. The number of nitrogens with zero attached hydrogens (tertiary/aromatic N) is 1. The van der Waals surface area contributed by atoms with Crippen LogP contribution in [0.25, 0.3) is 11.1 Å². The number of furan rings is 1. The Morgan fingerprint density at radius 3 is 2.41 bits per heavy atom. The van der Waals surface area contributed by atoms with E-state index in [-0.39, 0.29) is 5.91 Å². The van der Waals surface area contributed by atoms with Gasteiger partial charge in [-0.25, -0.2) is 0 Å². The summed E-state index contributed by atoms with van der Waals surface area (Å²) in [4.78, 5) is 14.9. The lowest BCUT2D eigenvalue weighted by molar-refractivity contribution is 0.0703. The summed E-state index contributed by atoms with van der Waals surface area (Å²) >= 11 is 0. The average Bonchev–Trinajstić information content (AvgIpc) is 3.22. The van der Waals surface area contributed by atoms with Gasteiger partial charge in [0, 0.05) is 18.7 Å². The van der Waals surface area contributed by atoms with Gasteiger partial charge in [-0.15, -0.1) is 0 Å². The molecule has 5 heteroatoms. The number of rotatable bonds is 4. The quantitative estimate of drug-likeness (QED) is 0.698. The molecule has 138 valence electrons. The van der Waals surface area contributed by atoms with Gasteiger partial charge < -0.3 is 18.8 Å². The summed E-state index contributed by atoms with van der Waals surface area (Å²) in [6.45, 7) is 1.15. The highest BCUT2D eigenvalue weighted by Gasteiger charge is 2.27. The summed E-state index contributed by atoms with van der Waals surface area (Å²) in [7, 11) is 3.25. The molecule has 1 aromatic heterocycles. The fraction of sp³-hybridized carbons (Fsp3) is 0.227. The summed E-state index contributed by atoms with van der Waals surface area (Å²) in [6, 6.07) is 15.6. The molecule has 2 aromatic carbocycles. The molecule has 27 heavy (non-hydrogen) atoms. The molecule has 5 nitrogen and oxygen atoms in total. The molecule has 0 bridgehead atoms. The second kappa shape index (κ2) is 7.19. The summed E-state index contributed by atoms with van der Waals surface area (Å²) in [5, 5.41) is 0. The van der Waals surface area contributed by atoms with Gasteiger partial charge in [-0.2, -0.15) is 0 Å².